The van der Waals surface area contributed by atoms with Gasteiger partial charge in [-0.1, -0.05) is 6.07 Å². The van der Waals surface area contributed by atoms with Crippen LogP contribution in [0.1, 0.15) is 34.6 Å². The molecule has 0 bridgehead atoms. The number of carbonyl (C=O) groups excluding carboxylic acids is 1. The molecular formula is C18H18O3S. The quantitative estimate of drug-likeness (QED) is 0.607. The zero-order chi connectivity index (χ0) is 15.5. The Labute approximate surface area is 134 Å². The molecule has 0 amide bonds. The van der Waals surface area contributed by atoms with E-state index in [1.54, 1.807) is 12.2 Å². The SMILES string of the molecule is CCOc1cc2c(cc1/C=C/C(=O)c1cccs1)O[C@H](C)C2. The van der Waals surface area contributed by atoms with Crippen LogP contribution < -0.4 is 9.47 Å². The van der Waals surface area contributed by atoms with Gasteiger partial charge >= 0.3 is 0 Å². The van der Waals surface area contributed by atoms with Crippen molar-refractivity contribution in [3.63, 3.8) is 0 Å². The van der Waals surface area contributed by atoms with Crippen molar-refractivity contribution in [3.8, 4) is 11.5 Å². The number of ketones is 1. The number of allylic oxidation sites excluding steroid dienone is 1. The summed E-state index contributed by atoms with van der Waals surface area (Å²) in [6, 6.07) is 7.69. The lowest BCUT2D eigenvalue weighted by atomic mass is 10.1. The molecular weight excluding hydrogens is 296 g/mol. The molecule has 0 spiro atoms. The molecule has 0 radical (unpaired) electrons. The number of hydrogen-bond donors (Lipinski definition) is 0. The number of thiophene rings is 1. The van der Waals surface area contributed by atoms with Gasteiger partial charge in [0, 0.05) is 17.5 Å². The Hall–Kier alpha value is -2.07. The zero-order valence-corrected chi connectivity index (χ0v) is 13.5. The number of carbonyl (C=O) groups is 1. The van der Waals surface area contributed by atoms with E-state index in [2.05, 4.69) is 6.92 Å². The van der Waals surface area contributed by atoms with Crippen LogP contribution in [0.5, 0.6) is 11.5 Å². The Balaban J connectivity index is 1.89. The molecule has 0 saturated heterocycles. The Morgan fingerprint density at radius 3 is 3.09 bits per heavy atom. The summed E-state index contributed by atoms with van der Waals surface area (Å²) in [4.78, 5) is 12.8. The van der Waals surface area contributed by atoms with Crippen molar-refractivity contribution in [1.82, 2.24) is 0 Å². The largest absolute Gasteiger partial charge is 0.493 e. The fourth-order valence-corrected chi connectivity index (χ4v) is 3.18. The molecule has 3 nitrogen and oxygen atoms in total. The summed E-state index contributed by atoms with van der Waals surface area (Å²) in [5, 5.41) is 1.90. The Kier molecular flexibility index (Phi) is 4.29. The highest BCUT2D eigenvalue weighted by Gasteiger charge is 2.21. The van der Waals surface area contributed by atoms with Crippen molar-refractivity contribution in [1.29, 1.82) is 0 Å². The van der Waals surface area contributed by atoms with Crippen molar-refractivity contribution >= 4 is 23.2 Å². The number of ether oxygens (including phenoxy) is 2. The van der Waals surface area contributed by atoms with E-state index in [1.165, 1.54) is 11.3 Å². The van der Waals surface area contributed by atoms with Gasteiger partial charge in [0.05, 0.1) is 11.5 Å². The van der Waals surface area contributed by atoms with Gasteiger partial charge in [0.15, 0.2) is 5.78 Å². The Bertz CT molecular complexity index is 701. The number of hydrogen-bond acceptors (Lipinski definition) is 4. The lowest BCUT2D eigenvalue weighted by Gasteiger charge is -2.09. The van der Waals surface area contributed by atoms with E-state index < -0.39 is 0 Å². The zero-order valence-electron chi connectivity index (χ0n) is 12.7. The molecule has 0 saturated carbocycles. The Morgan fingerprint density at radius 1 is 1.50 bits per heavy atom. The predicted octanol–water partition coefficient (Wildman–Crippen LogP) is 4.37. The minimum absolute atomic E-state index is 0.00670. The molecule has 0 fully saturated rings. The van der Waals surface area contributed by atoms with Crippen LogP contribution in [0.2, 0.25) is 0 Å². The van der Waals surface area contributed by atoms with Crippen molar-refractivity contribution in [2.24, 2.45) is 0 Å². The molecule has 1 aromatic heterocycles. The molecule has 0 unspecified atom stereocenters. The molecule has 0 N–H and O–H groups in total. The molecule has 1 aromatic carbocycles. The predicted molar refractivity (Wildman–Crippen MR) is 89.1 cm³/mol. The number of rotatable bonds is 5. The second-order valence-electron chi connectivity index (χ2n) is 5.24. The van der Waals surface area contributed by atoms with Gasteiger partial charge in [-0.25, -0.2) is 0 Å². The topological polar surface area (TPSA) is 35.5 Å². The fraction of sp³-hybridized carbons (Fsp3) is 0.278. The van der Waals surface area contributed by atoms with Crippen LogP contribution in [0.3, 0.4) is 0 Å². The molecule has 1 aliphatic heterocycles. The van der Waals surface area contributed by atoms with Crippen LogP contribution in [0.25, 0.3) is 6.08 Å². The number of fused-ring (bicyclic) bond motifs is 1. The molecule has 114 valence electrons. The highest BCUT2D eigenvalue weighted by Crippen LogP contribution is 2.35. The summed E-state index contributed by atoms with van der Waals surface area (Å²) >= 11 is 1.44. The molecule has 22 heavy (non-hydrogen) atoms. The van der Waals surface area contributed by atoms with E-state index in [0.717, 1.165) is 33.9 Å². The molecule has 1 atom stereocenters. The first-order chi connectivity index (χ1) is 10.7. The van der Waals surface area contributed by atoms with E-state index >= 15 is 0 Å². The van der Waals surface area contributed by atoms with Crippen LogP contribution in [-0.2, 0) is 6.42 Å². The maximum atomic E-state index is 12.1. The van der Waals surface area contributed by atoms with Gasteiger partial charge in [0.25, 0.3) is 0 Å². The standard InChI is InChI=1S/C18H18O3S/c1-3-20-16-11-14-9-12(2)21-17(14)10-13(16)6-7-15(19)18-5-4-8-22-18/h4-8,10-12H,3,9H2,1-2H3/b7-6+/t12-/m1/s1. The minimum atomic E-state index is 0.00670. The average molecular weight is 314 g/mol. The van der Waals surface area contributed by atoms with Crippen LogP contribution in [0, 0.1) is 0 Å². The summed E-state index contributed by atoms with van der Waals surface area (Å²) in [5.74, 6) is 1.69. The van der Waals surface area contributed by atoms with Gasteiger partial charge in [-0.15, -0.1) is 11.3 Å². The smallest absolute Gasteiger partial charge is 0.195 e. The normalized spacial score (nSPS) is 16.5. The van der Waals surface area contributed by atoms with Crippen molar-refractivity contribution < 1.29 is 14.3 Å². The minimum Gasteiger partial charge on any atom is -0.493 e. The number of benzene rings is 1. The third-order valence-electron chi connectivity index (χ3n) is 3.51. The van der Waals surface area contributed by atoms with E-state index in [0.29, 0.717) is 6.61 Å². The van der Waals surface area contributed by atoms with Crippen LogP contribution in [-0.4, -0.2) is 18.5 Å². The average Bonchev–Trinajstić information content (AvgIpc) is 3.13. The lowest BCUT2D eigenvalue weighted by molar-refractivity contribution is 0.105. The molecule has 2 heterocycles. The maximum Gasteiger partial charge on any atom is 0.195 e. The summed E-state index contributed by atoms with van der Waals surface area (Å²) < 4.78 is 11.5. The van der Waals surface area contributed by atoms with E-state index in [4.69, 9.17) is 9.47 Å². The molecule has 0 aliphatic carbocycles. The molecule has 2 aromatic rings. The van der Waals surface area contributed by atoms with Crippen molar-refractivity contribution in [3.05, 3.63) is 51.7 Å². The first-order valence-corrected chi connectivity index (χ1v) is 8.27. The van der Waals surface area contributed by atoms with Gasteiger partial charge in [-0.2, -0.15) is 0 Å². The monoisotopic (exact) mass is 314 g/mol. The second kappa shape index (κ2) is 6.36. The molecule has 3 rings (SSSR count). The first-order valence-electron chi connectivity index (χ1n) is 7.39. The summed E-state index contributed by atoms with van der Waals surface area (Å²) in [7, 11) is 0. The summed E-state index contributed by atoms with van der Waals surface area (Å²) in [6.07, 6.45) is 4.48. The summed E-state index contributed by atoms with van der Waals surface area (Å²) in [6.45, 7) is 4.60. The van der Waals surface area contributed by atoms with E-state index in [-0.39, 0.29) is 11.9 Å². The van der Waals surface area contributed by atoms with Gasteiger partial charge in [-0.3, -0.25) is 4.79 Å². The van der Waals surface area contributed by atoms with Crippen LogP contribution in [0.4, 0.5) is 0 Å². The van der Waals surface area contributed by atoms with Gasteiger partial charge in [0.2, 0.25) is 0 Å². The van der Waals surface area contributed by atoms with Gasteiger partial charge in [0.1, 0.15) is 17.6 Å². The third kappa shape index (κ3) is 3.07. The van der Waals surface area contributed by atoms with E-state index in [9.17, 15) is 4.79 Å². The van der Waals surface area contributed by atoms with E-state index in [1.807, 2.05) is 36.6 Å². The van der Waals surface area contributed by atoms with Crippen molar-refractivity contribution in [2.75, 3.05) is 6.61 Å². The maximum absolute atomic E-state index is 12.1. The highest BCUT2D eigenvalue weighted by atomic mass is 32.1. The van der Waals surface area contributed by atoms with Crippen LogP contribution >= 0.6 is 11.3 Å². The fourth-order valence-electron chi connectivity index (χ4n) is 2.53. The molecule has 1 aliphatic rings. The first kappa shape index (κ1) is 14.9. The van der Waals surface area contributed by atoms with Gasteiger partial charge < -0.3 is 9.47 Å². The van der Waals surface area contributed by atoms with Gasteiger partial charge in [-0.05, 0) is 49.6 Å². The third-order valence-corrected chi connectivity index (χ3v) is 4.39. The summed E-state index contributed by atoms with van der Waals surface area (Å²) in [5.41, 5.74) is 2.04. The Morgan fingerprint density at radius 2 is 2.36 bits per heavy atom. The lowest BCUT2D eigenvalue weighted by Crippen LogP contribution is -2.05. The molecule has 4 heteroatoms. The van der Waals surface area contributed by atoms with Crippen LogP contribution in [0.15, 0.2) is 35.7 Å². The second-order valence-corrected chi connectivity index (χ2v) is 6.19. The van der Waals surface area contributed by atoms with Crippen molar-refractivity contribution in [2.45, 2.75) is 26.4 Å². The highest BCUT2D eigenvalue weighted by molar-refractivity contribution is 7.12.